The standard InChI is InChI=1S/C24H29N3O4S/c1-17-7-11-21(12-8-17)32(30,31)26-13-3-5-19(16-26)24(29)25-20-10-9-18(2)22(15-20)27-14-4-6-23(27)28/h7-12,15,19H,3-6,13-14,16H2,1-2H3,(H,25,29)/t19-/m1/s1. The summed E-state index contributed by atoms with van der Waals surface area (Å²) in [7, 11) is -3.64. The highest BCUT2D eigenvalue weighted by atomic mass is 32.2. The van der Waals surface area contributed by atoms with E-state index >= 15 is 0 Å². The van der Waals surface area contributed by atoms with Gasteiger partial charge in [0.2, 0.25) is 21.8 Å². The maximum Gasteiger partial charge on any atom is 0.243 e. The number of hydrogen-bond donors (Lipinski definition) is 1. The van der Waals surface area contributed by atoms with Crippen LogP contribution >= 0.6 is 0 Å². The molecule has 0 unspecified atom stereocenters. The quantitative estimate of drug-likeness (QED) is 0.748. The second-order valence-corrected chi connectivity index (χ2v) is 10.6. The number of amides is 2. The van der Waals surface area contributed by atoms with Crippen LogP contribution in [-0.2, 0) is 19.6 Å². The Bertz CT molecular complexity index is 1130. The summed E-state index contributed by atoms with van der Waals surface area (Å²) in [5.74, 6) is -0.528. The van der Waals surface area contributed by atoms with Crippen molar-refractivity contribution in [3.8, 4) is 0 Å². The summed E-state index contributed by atoms with van der Waals surface area (Å²) < 4.78 is 27.5. The monoisotopic (exact) mass is 455 g/mol. The van der Waals surface area contributed by atoms with Crippen molar-refractivity contribution in [2.24, 2.45) is 5.92 Å². The summed E-state index contributed by atoms with van der Waals surface area (Å²) in [4.78, 5) is 27.2. The Balaban J connectivity index is 1.47. The fourth-order valence-electron chi connectivity index (χ4n) is 4.36. The van der Waals surface area contributed by atoms with Crippen molar-refractivity contribution < 1.29 is 18.0 Å². The first-order valence-corrected chi connectivity index (χ1v) is 12.5. The zero-order chi connectivity index (χ0) is 22.9. The van der Waals surface area contributed by atoms with Crippen LogP contribution in [0.3, 0.4) is 0 Å². The lowest BCUT2D eigenvalue weighted by Crippen LogP contribution is -2.43. The number of carbonyl (C=O) groups excluding carboxylic acids is 2. The van der Waals surface area contributed by atoms with Gasteiger partial charge in [-0.3, -0.25) is 9.59 Å². The van der Waals surface area contributed by atoms with E-state index in [9.17, 15) is 18.0 Å². The van der Waals surface area contributed by atoms with Gasteiger partial charge in [-0.25, -0.2) is 8.42 Å². The molecule has 1 atom stereocenters. The first-order valence-electron chi connectivity index (χ1n) is 11.0. The summed E-state index contributed by atoms with van der Waals surface area (Å²) in [5.41, 5.74) is 3.41. The Labute approximate surface area is 189 Å². The molecule has 0 aliphatic carbocycles. The number of rotatable bonds is 5. The van der Waals surface area contributed by atoms with E-state index in [2.05, 4.69) is 5.32 Å². The molecule has 2 aromatic carbocycles. The molecule has 0 radical (unpaired) electrons. The van der Waals surface area contributed by atoms with Gasteiger partial charge in [0, 0.05) is 37.4 Å². The highest BCUT2D eigenvalue weighted by Gasteiger charge is 2.33. The molecule has 170 valence electrons. The Morgan fingerprint density at radius 3 is 2.47 bits per heavy atom. The van der Waals surface area contributed by atoms with Crippen molar-refractivity contribution in [3.05, 3.63) is 53.6 Å². The number of carbonyl (C=O) groups is 2. The Morgan fingerprint density at radius 1 is 1.03 bits per heavy atom. The summed E-state index contributed by atoms with van der Waals surface area (Å²) >= 11 is 0. The van der Waals surface area contributed by atoms with E-state index in [0.29, 0.717) is 38.0 Å². The van der Waals surface area contributed by atoms with Gasteiger partial charge in [0.1, 0.15) is 0 Å². The minimum absolute atomic E-state index is 0.0980. The smallest absolute Gasteiger partial charge is 0.243 e. The number of benzene rings is 2. The van der Waals surface area contributed by atoms with Crippen molar-refractivity contribution in [3.63, 3.8) is 0 Å². The van der Waals surface area contributed by atoms with Crippen LogP contribution in [-0.4, -0.2) is 44.2 Å². The molecule has 0 spiro atoms. The molecule has 2 heterocycles. The lowest BCUT2D eigenvalue weighted by Gasteiger charge is -2.31. The SMILES string of the molecule is Cc1ccc(S(=O)(=O)N2CCC[C@@H](C(=O)Nc3ccc(C)c(N4CCCC4=O)c3)C2)cc1. The molecule has 4 rings (SSSR count). The molecule has 0 aromatic heterocycles. The van der Waals surface area contributed by atoms with Gasteiger partial charge < -0.3 is 10.2 Å². The van der Waals surface area contributed by atoms with E-state index in [1.165, 1.54) is 4.31 Å². The predicted molar refractivity (Wildman–Crippen MR) is 124 cm³/mol. The molecule has 2 aromatic rings. The van der Waals surface area contributed by atoms with Crippen molar-refractivity contribution in [1.29, 1.82) is 0 Å². The second-order valence-electron chi connectivity index (χ2n) is 8.65. The molecule has 7 nitrogen and oxygen atoms in total. The van der Waals surface area contributed by atoms with E-state index in [1.807, 2.05) is 32.0 Å². The van der Waals surface area contributed by atoms with E-state index in [4.69, 9.17) is 0 Å². The lowest BCUT2D eigenvalue weighted by atomic mass is 9.98. The van der Waals surface area contributed by atoms with Gasteiger partial charge in [-0.05, 0) is 62.9 Å². The largest absolute Gasteiger partial charge is 0.326 e. The third kappa shape index (κ3) is 4.56. The van der Waals surface area contributed by atoms with Crippen molar-refractivity contribution in [2.45, 2.75) is 44.4 Å². The molecule has 1 N–H and O–H groups in total. The zero-order valence-corrected chi connectivity index (χ0v) is 19.3. The number of aryl methyl sites for hydroxylation is 2. The van der Waals surface area contributed by atoms with Crippen LogP contribution in [0.2, 0.25) is 0 Å². The summed E-state index contributed by atoms with van der Waals surface area (Å²) in [5, 5.41) is 2.94. The van der Waals surface area contributed by atoms with Gasteiger partial charge in [-0.1, -0.05) is 23.8 Å². The average Bonchev–Trinajstić information content (AvgIpc) is 3.21. The number of nitrogens with zero attached hydrogens (tertiary/aromatic N) is 2. The average molecular weight is 456 g/mol. The van der Waals surface area contributed by atoms with E-state index in [0.717, 1.165) is 23.2 Å². The van der Waals surface area contributed by atoms with Crippen LogP contribution in [0.15, 0.2) is 47.4 Å². The Kier molecular flexibility index (Phi) is 6.35. The summed E-state index contributed by atoms with van der Waals surface area (Å²) in [6.45, 7) is 5.11. The lowest BCUT2D eigenvalue weighted by molar-refractivity contribution is -0.121. The van der Waals surface area contributed by atoms with Crippen LogP contribution in [0.5, 0.6) is 0 Å². The Morgan fingerprint density at radius 2 is 1.78 bits per heavy atom. The van der Waals surface area contributed by atoms with Crippen LogP contribution < -0.4 is 10.2 Å². The zero-order valence-electron chi connectivity index (χ0n) is 18.5. The fraction of sp³-hybridized carbons (Fsp3) is 0.417. The molecule has 0 bridgehead atoms. The van der Waals surface area contributed by atoms with Gasteiger partial charge in [0.05, 0.1) is 10.8 Å². The molecule has 8 heteroatoms. The Hall–Kier alpha value is -2.71. The molecular formula is C24H29N3O4S. The molecular weight excluding hydrogens is 426 g/mol. The third-order valence-electron chi connectivity index (χ3n) is 6.25. The van der Waals surface area contributed by atoms with Crippen LogP contribution in [0.1, 0.15) is 36.8 Å². The topological polar surface area (TPSA) is 86.8 Å². The summed E-state index contributed by atoms with van der Waals surface area (Å²) in [6.07, 6.45) is 2.64. The van der Waals surface area contributed by atoms with Gasteiger partial charge in [0.15, 0.2) is 0 Å². The highest BCUT2D eigenvalue weighted by molar-refractivity contribution is 7.89. The minimum atomic E-state index is -3.64. The van der Waals surface area contributed by atoms with E-state index in [1.54, 1.807) is 29.2 Å². The molecule has 2 saturated heterocycles. The van der Waals surface area contributed by atoms with Crippen LogP contribution in [0.25, 0.3) is 0 Å². The maximum absolute atomic E-state index is 13.0. The fourth-order valence-corrected chi connectivity index (χ4v) is 5.88. The van der Waals surface area contributed by atoms with Crippen LogP contribution in [0.4, 0.5) is 11.4 Å². The van der Waals surface area contributed by atoms with Crippen molar-refractivity contribution >= 4 is 33.2 Å². The van der Waals surface area contributed by atoms with Crippen molar-refractivity contribution in [1.82, 2.24) is 4.31 Å². The van der Waals surface area contributed by atoms with Gasteiger partial charge >= 0.3 is 0 Å². The maximum atomic E-state index is 13.0. The molecule has 2 fully saturated rings. The van der Waals surface area contributed by atoms with Gasteiger partial charge in [-0.2, -0.15) is 4.31 Å². The van der Waals surface area contributed by atoms with Crippen LogP contribution in [0, 0.1) is 19.8 Å². The normalized spacial score (nSPS) is 19.9. The van der Waals surface area contributed by atoms with Gasteiger partial charge in [0.25, 0.3) is 0 Å². The molecule has 2 aliphatic rings. The molecule has 0 saturated carbocycles. The number of sulfonamides is 1. The first-order chi connectivity index (χ1) is 15.3. The first kappa shape index (κ1) is 22.5. The van der Waals surface area contributed by atoms with Crippen molar-refractivity contribution in [2.75, 3.05) is 29.9 Å². The minimum Gasteiger partial charge on any atom is -0.326 e. The number of piperidine rings is 1. The second kappa shape index (κ2) is 9.03. The molecule has 2 aliphatic heterocycles. The number of anilines is 2. The molecule has 2 amide bonds. The third-order valence-corrected chi connectivity index (χ3v) is 8.13. The summed E-state index contributed by atoms with van der Waals surface area (Å²) in [6, 6.07) is 12.3. The van der Waals surface area contributed by atoms with E-state index in [-0.39, 0.29) is 23.3 Å². The predicted octanol–water partition coefficient (Wildman–Crippen LogP) is 3.47. The van der Waals surface area contributed by atoms with Gasteiger partial charge in [-0.15, -0.1) is 0 Å². The molecule has 32 heavy (non-hydrogen) atoms. The van der Waals surface area contributed by atoms with E-state index < -0.39 is 15.9 Å². The number of hydrogen-bond acceptors (Lipinski definition) is 4. The number of nitrogens with one attached hydrogen (secondary N) is 1. The highest BCUT2D eigenvalue weighted by Crippen LogP contribution is 2.29.